The second-order valence-corrected chi connectivity index (χ2v) is 5.32. The molecule has 0 aliphatic carbocycles. The molecule has 0 fully saturated rings. The average molecular weight is 313 g/mol. The number of aromatic nitrogens is 4. The van der Waals surface area contributed by atoms with Crippen molar-refractivity contribution in [2.24, 2.45) is 0 Å². The smallest absolute Gasteiger partial charge is 0.257 e. The molecule has 0 saturated heterocycles. The van der Waals surface area contributed by atoms with E-state index in [1.54, 1.807) is 0 Å². The van der Waals surface area contributed by atoms with Gasteiger partial charge in [0.2, 0.25) is 0 Å². The minimum absolute atomic E-state index is 0.550. The van der Waals surface area contributed by atoms with Gasteiger partial charge in [0.05, 0.1) is 11.9 Å². The molecule has 0 atom stereocenters. The van der Waals surface area contributed by atoms with Gasteiger partial charge >= 0.3 is 0 Å². The van der Waals surface area contributed by atoms with Gasteiger partial charge < -0.3 is 5.32 Å². The van der Waals surface area contributed by atoms with Crippen molar-refractivity contribution in [1.29, 1.82) is 0 Å². The molecule has 0 radical (unpaired) electrons. The van der Waals surface area contributed by atoms with Crippen LogP contribution in [0.2, 0.25) is 0 Å². The van der Waals surface area contributed by atoms with Crippen molar-refractivity contribution >= 4 is 28.2 Å². The van der Waals surface area contributed by atoms with Crippen molar-refractivity contribution in [2.75, 3.05) is 5.32 Å². The minimum atomic E-state index is 0.550. The van der Waals surface area contributed by atoms with E-state index >= 15 is 0 Å². The van der Waals surface area contributed by atoms with Crippen LogP contribution in [0.15, 0.2) is 54.6 Å². The van der Waals surface area contributed by atoms with E-state index in [0.29, 0.717) is 12.2 Å². The molecule has 0 bridgehead atoms. The number of hydrogen-bond acceptors (Lipinski definition) is 4. The lowest BCUT2D eigenvalue weighted by Gasteiger charge is -2.10. The van der Waals surface area contributed by atoms with Crippen LogP contribution in [0.1, 0.15) is 12.7 Å². The molecule has 2 aromatic heterocycles. The maximum atomic E-state index is 4.66. The largest absolute Gasteiger partial charge is 0.340 e. The molecule has 24 heavy (non-hydrogen) atoms. The van der Waals surface area contributed by atoms with Crippen LogP contribution in [0.3, 0.4) is 0 Å². The third-order valence-electron chi connectivity index (χ3n) is 3.78. The van der Waals surface area contributed by atoms with Crippen molar-refractivity contribution in [3.8, 4) is 11.8 Å². The first-order valence-corrected chi connectivity index (χ1v) is 7.71. The van der Waals surface area contributed by atoms with Gasteiger partial charge in [0.1, 0.15) is 5.82 Å². The predicted octanol–water partition coefficient (Wildman–Crippen LogP) is 3.59. The maximum Gasteiger partial charge on any atom is 0.257 e. The molecular formula is C19H15N5. The van der Waals surface area contributed by atoms with Crippen molar-refractivity contribution in [2.45, 2.75) is 13.3 Å². The van der Waals surface area contributed by atoms with E-state index in [4.69, 9.17) is 0 Å². The molecule has 0 spiro atoms. The second kappa shape index (κ2) is 6.01. The number of nitrogens with zero attached hydrogens (tertiary/aromatic N) is 4. The Hall–Kier alpha value is -3.39. The molecule has 0 aliphatic rings. The third-order valence-corrected chi connectivity index (χ3v) is 3.78. The summed E-state index contributed by atoms with van der Waals surface area (Å²) in [5.74, 6) is 8.08. The van der Waals surface area contributed by atoms with E-state index < -0.39 is 0 Å². The van der Waals surface area contributed by atoms with E-state index in [-0.39, 0.29) is 0 Å². The molecule has 5 heteroatoms. The Labute approximate surface area is 139 Å². The standard InChI is InChI=1S/C19H15N5/c1-2-3-13-17-22-23-19-21-18(20-14-9-5-4-6-10-14)15-11-7-8-12-16(15)24(17)19/h4-12H,13H2,1H3,(H,20,21,23). The van der Waals surface area contributed by atoms with E-state index in [1.165, 1.54) is 0 Å². The highest BCUT2D eigenvalue weighted by molar-refractivity contribution is 5.92. The summed E-state index contributed by atoms with van der Waals surface area (Å²) in [6, 6.07) is 18.1. The normalized spacial score (nSPS) is 10.5. The highest BCUT2D eigenvalue weighted by Gasteiger charge is 2.13. The molecule has 5 nitrogen and oxygen atoms in total. The lowest BCUT2D eigenvalue weighted by Crippen LogP contribution is -2.02. The number of nitrogens with one attached hydrogen (secondary N) is 1. The summed E-state index contributed by atoms with van der Waals surface area (Å²) in [5, 5.41) is 12.9. The molecule has 0 aliphatic heterocycles. The maximum absolute atomic E-state index is 4.66. The predicted molar refractivity (Wildman–Crippen MR) is 95.2 cm³/mol. The SMILES string of the molecule is CC#CCc1nnc2nc(Nc3ccccc3)c3ccccc3n12. The summed E-state index contributed by atoms with van der Waals surface area (Å²) in [7, 11) is 0. The zero-order valence-electron chi connectivity index (χ0n) is 13.2. The van der Waals surface area contributed by atoms with E-state index in [0.717, 1.165) is 28.2 Å². The van der Waals surface area contributed by atoms with Crippen LogP contribution in [-0.4, -0.2) is 19.6 Å². The Morgan fingerprint density at radius 3 is 2.62 bits per heavy atom. The van der Waals surface area contributed by atoms with E-state index in [1.807, 2.05) is 65.9 Å². The Kier molecular flexibility index (Phi) is 3.56. The van der Waals surface area contributed by atoms with Crippen LogP contribution in [0.4, 0.5) is 11.5 Å². The minimum Gasteiger partial charge on any atom is -0.340 e. The van der Waals surface area contributed by atoms with Crippen LogP contribution in [-0.2, 0) is 6.42 Å². The molecule has 4 aromatic rings. The number of rotatable bonds is 3. The van der Waals surface area contributed by atoms with E-state index in [2.05, 4.69) is 32.3 Å². The molecule has 0 unspecified atom stereocenters. The van der Waals surface area contributed by atoms with Crippen molar-refractivity contribution in [1.82, 2.24) is 19.6 Å². The second-order valence-electron chi connectivity index (χ2n) is 5.32. The quantitative estimate of drug-likeness (QED) is 0.587. The molecule has 2 heterocycles. The van der Waals surface area contributed by atoms with Crippen LogP contribution in [0.5, 0.6) is 0 Å². The number of hydrogen-bond donors (Lipinski definition) is 1. The van der Waals surface area contributed by atoms with E-state index in [9.17, 15) is 0 Å². The molecule has 4 rings (SSSR count). The summed E-state index contributed by atoms with van der Waals surface area (Å²) in [6.07, 6.45) is 0.550. The van der Waals surface area contributed by atoms with Gasteiger partial charge in [-0.05, 0) is 31.2 Å². The average Bonchev–Trinajstić information content (AvgIpc) is 3.04. The van der Waals surface area contributed by atoms with Gasteiger partial charge in [0.25, 0.3) is 5.78 Å². The first-order valence-electron chi connectivity index (χ1n) is 7.71. The fourth-order valence-corrected chi connectivity index (χ4v) is 2.69. The molecule has 116 valence electrons. The van der Waals surface area contributed by atoms with Crippen molar-refractivity contribution < 1.29 is 0 Å². The first-order chi connectivity index (χ1) is 11.9. The lowest BCUT2D eigenvalue weighted by molar-refractivity contribution is 0.979. The van der Waals surface area contributed by atoms with Gasteiger partial charge in [-0.25, -0.2) is 0 Å². The molecular weight excluding hydrogens is 298 g/mol. The number of para-hydroxylation sites is 2. The lowest BCUT2D eigenvalue weighted by atomic mass is 10.2. The van der Waals surface area contributed by atoms with Crippen LogP contribution in [0.25, 0.3) is 16.7 Å². The Balaban J connectivity index is 1.93. The van der Waals surface area contributed by atoms with Crippen LogP contribution >= 0.6 is 0 Å². The fraction of sp³-hybridized carbons (Fsp3) is 0.105. The van der Waals surface area contributed by atoms with Crippen molar-refractivity contribution in [3.63, 3.8) is 0 Å². The first kappa shape index (κ1) is 14.2. The highest BCUT2D eigenvalue weighted by atomic mass is 15.3. The zero-order chi connectivity index (χ0) is 16.4. The fourth-order valence-electron chi connectivity index (χ4n) is 2.69. The monoisotopic (exact) mass is 313 g/mol. The molecule has 0 amide bonds. The van der Waals surface area contributed by atoms with Gasteiger partial charge in [-0.15, -0.1) is 16.1 Å². The summed E-state index contributed by atoms with van der Waals surface area (Å²) >= 11 is 0. The van der Waals surface area contributed by atoms with Crippen LogP contribution < -0.4 is 5.32 Å². The number of benzene rings is 2. The third kappa shape index (κ3) is 2.44. The van der Waals surface area contributed by atoms with Gasteiger partial charge in [-0.2, -0.15) is 4.98 Å². The summed E-state index contributed by atoms with van der Waals surface area (Å²) in [6.45, 7) is 1.82. The topological polar surface area (TPSA) is 55.1 Å². The Morgan fingerprint density at radius 1 is 1.00 bits per heavy atom. The van der Waals surface area contributed by atoms with Crippen LogP contribution in [0, 0.1) is 11.8 Å². The zero-order valence-corrected chi connectivity index (χ0v) is 13.2. The van der Waals surface area contributed by atoms with Crippen molar-refractivity contribution in [3.05, 3.63) is 60.4 Å². The van der Waals surface area contributed by atoms with Gasteiger partial charge in [-0.1, -0.05) is 36.3 Å². The molecule has 1 N–H and O–H groups in total. The van der Waals surface area contributed by atoms with Gasteiger partial charge in [-0.3, -0.25) is 4.40 Å². The highest BCUT2D eigenvalue weighted by Crippen LogP contribution is 2.26. The Morgan fingerprint density at radius 2 is 1.79 bits per heavy atom. The Bertz CT molecular complexity index is 1070. The number of anilines is 2. The summed E-state index contributed by atoms with van der Waals surface area (Å²) < 4.78 is 1.97. The summed E-state index contributed by atoms with van der Waals surface area (Å²) in [4.78, 5) is 4.66. The van der Waals surface area contributed by atoms with Gasteiger partial charge in [0, 0.05) is 11.1 Å². The van der Waals surface area contributed by atoms with Gasteiger partial charge in [0.15, 0.2) is 5.82 Å². The summed E-state index contributed by atoms with van der Waals surface area (Å²) in [5.41, 5.74) is 2.00. The number of fused-ring (bicyclic) bond motifs is 3. The molecule has 0 saturated carbocycles. The molecule has 2 aromatic carbocycles.